The van der Waals surface area contributed by atoms with Crippen molar-refractivity contribution in [2.45, 2.75) is 0 Å². The molecular formula is C36H24NO2P. The molecular weight excluding hydrogens is 509 g/mol. The first-order chi connectivity index (χ1) is 19.7. The Morgan fingerprint density at radius 1 is 0.525 bits per heavy atom. The summed E-state index contributed by atoms with van der Waals surface area (Å²) in [6.45, 7) is 0. The van der Waals surface area contributed by atoms with E-state index < -0.39 is 7.14 Å². The van der Waals surface area contributed by atoms with Gasteiger partial charge < -0.3 is 8.98 Å². The fraction of sp³-hybridized carbons (Fsp3) is 0. The summed E-state index contributed by atoms with van der Waals surface area (Å²) in [5, 5.41) is 5.81. The largest absolute Gasteiger partial charge is 0.438 e. The molecule has 0 fully saturated rings. The minimum atomic E-state index is -3.13. The first-order valence-corrected chi connectivity index (χ1v) is 15.1. The monoisotopic (exact) mass is 533 g/mol. The lowest BCUT2D eigenvalue weighted by atomic mass is 10.0. The molecule has 0 aliphatic carbocycles. The highest BCUT2D eigenvalue weighted by atomic mass is 31.2. The second-order valence-electron chi connectivity index (χ2n) is 10.1. The highest BCUT2D eigenvalue weighted by molar-refractivity contribution is 7.85. The first kappa shape index (κ1) is 23.1. The van der Waals surface area contributed by atoms with Crippen LogP contribution < -0.4 is 15.9 Å². The molecule has 2 aromatic heterocycles. The van der Waals surface area contributed by atoms with E-state index in [9.17, 15) is 0 Å². The van der Waals surface area contributed by atoms with Crippen LogP contribution in [0.5, 0.6) is 0 Å². The van der Waals surface area contributed by atoms with Crippen LogP contribution in [-0.2, 0) is 4.57 Å². The molecule has 0 N–H and O–H groups in total. The number of benzene rings is 6. The average molecular weight is 534 g/mol. The maximum Gasteiger partial charge on any atom is 0.213 e. The van der Waals surface area contributed by atoms with Crippen LogP contribution in [0.4, 0.5) is 0 Å². The molecule has 1 unspecified atom stereocenters. The van der Waals surface area contributed by atoms with Crippen LogP contribution in [0.1, 0.15) is 0 Å². The van der Waals surface area contributed by atoms with E-state index in [0.717, 1.165) is 65.5 Å². The molecule has 8 rings (SSSR count). The van der Waals surface area contributed by atoms with E-state index in [4.69, 9.17) is 4.42 Å². The highest BCUT2D eigenvalue weighted by Gasteiger charge is 2.30. The fourth-order valence-electron chi connectivity index (χ4n) is 5.96. The molecule has 3 nitrogen and oxygen atoms in total. The molecule has 2 heterocycles. The predicted molar refractivity (Wildman–Crippen MR) is 167 cm³/mol. The number of hydrogen-bond acceptors (Lipinski definition) is 2. The Kier molecular flexibility index (Phi) is 5.10. The van der Waals surface area contributed by atoms with Crippen molar-refractivity contribution >= 4 is 61.5 Å². The first-order valence-electron chi connectivity index (χ1n) is 13.4. The zero-order valence-electron chi connectivity index (χ0n) is 21.6. The Morgan fingerprint density at radius 2 is 1.15 bits per heavy atom. The third-order valence-electron chi connectivity index (χ3n) is 7.88. The van der Waals surface area contributed by atoms with E-state index in [1.165, 1.54) is 0 Å². The molecule has 4 heteroatoms. The zero-order chi connectivity index (χ0) is 26.7. The number of para-hydroxylation sites is 3. The van der Waals surface area contributed by atoms with Gasteiger partial charge in [0.15, 0.2) is 12.7 Å². The summed E-state index contributed by atoms with van der Waals surface area (Å²) < 4.78 is 23.8. The van der Waals surface area contributed by atoms with Gasteiger partial charge in [0.2, 0.25) is 5.71 Å². The Hall–Kier alpha value is -4.85. The van der Waals surface area contributed by atoms with Crippen LogP contribution in [0.15, 0.2) is 150 Å². The van der Waals surface area contributed by atoms with Crippen LogP contribution in [-0.4, -0.2) is 4.40 Å². The third-order valence-corrected chi connectivity index (χ3v) is 10.9. The fourth-order valence-corrected chi connectivity index (χ4v) is 8.62. The van der Waals surface area contributed by atoms with Gasteiger partial charge in [0.05, 0.1) is 16.6 Å². The smallest absolute Gasteiger partial charge is 0.213 e. The lowest BCUT2D eigenvalue weighted by Gasteiger charge is -2.21. The standard InChI is InChI=1S/C36H24NO2P/c38-40(28-12-2-1-3-13-28,30-23-18-25-10-4-5-11-27(25)24-30)29-21-19-26(20-22-29)35-31-14-6-7-15-32(31)37-33-16-8-9-17-34(33)39-36(35)37/h1-24H. The van der Waals surface area contributed by atoms with Crippen molar-refractivity contribution in [3.05, 3.63) is 146 Å². The second-order valence-corrected chi connectivity index (χ2v) is 12.9. The lowest BCUT2D eigenvalue weighted by molar-refractivity contribution is 0.592. The van der Waals surface area contributed by atoms with Gasteiger partial charge in [0, 0.05) is 21.3 Å². The zero-order valence-corrected chi connectivity index (χ0v) is 22.5. The van der Waals surface area contributed by atoms with Gasteiger partial charge in [-0.1, -0.05) is 121 Å². The Morgan fingerprint density at radius 3 is 1.98 bits per heavy atom. The molecule has 190 valence electrons. The topological polar surface area (TPSA) is 34.6 Å². The van der Waals surface area contributed by atoms with Gasteiger partial charge in [-0.15, -0.1) is 0 Å². The molecule has 0 saturated heterocycles. The summed E-state index contributed by atoms with van der Waals surface area (Å²) in [5.74, 6) is 0. The van der Waals surface area contributed by atoms with Crippen LogP contribution in [0.25, 0.3) is 49.6 Å². The molecule has 6 aromatic carbocycles. The molecule has 0 aliphatic heterocycles. The lowest BCUT2D eigenvalue weighted by Crippen LogP contribution is -2.25. The van der Waals surface area contributed by atoms with Crippen molar-refractivity contribution in [3.63, 3.8) is 0 Å². The molecule has 0 spiro atoms. The molecule has 40 heavy (non-hydrogen) atoms. The predicted octanol–water partition coefficient (Wildman–Crippen LogP) is 8.30. The van der Waals surface area contributed by atoms with Crippen LogP contribution in [0.3, 0.4) is 0 Å². The van der Waals surface area contributed by atoms with Crippen molar-refractivity contribution in [2.24, 2.45) is 0 Å². The maximum atomic E-state index is 15.2. The molecule has 0 saturated carbocycles. The van der Waals surface area contributed by atoms with E-state index >= 15 is 4.57 Å². The van der Waals surface area contributed by atoms with Crippen molar-refractivity contribution in [1.82, 2.24) is 4.40 Å². The maximum absolute atomic E-state index is 15.2. The van der Waals surface area contributed by atoms with Gasteiger partial charge >= 0.3 is 0 Å². The summed E-state index contributed by atoms with van der Waals surface area (Å²) in [7, 11) is -3.13. The third kappa shape index (κ3) is 3.35. The summed E-state index contributed by atoms with van der Waals surface area (Å²) >= 11 is 0. The number of rotatable bonds is 4. The van der Waals surface area contributed by atoms with E-state index in [-0.39, 0.29) is 0 Å². The van der Waals surface area contributed by atoms with Gasteiger partial charge in [-0.2, -0.15) is 0 Å². The molecule has 0 radical (unpaired) electrons. The second kappa shape index (κ2) is 8.84. The van der Waals surface area contributed by atoms with E-state index in [1.807, 2.05) is 78.9 Å². The van der Waals surface area contributed by atoms with Crippen molar-refractivity contribution in [2.75, 3.05) is 0 Å². The average Bonchev–Trinajstić information content (AvgIpc) is 3.55. The number of fused-ring (bicyclic) bond motifs is 6. The van der Waals surface area contributed by atoms with Gasteiger partial charge in [-0.3, -0.25) is 4.40 Å². The van der Waals surface area contributed by atoms with Gasteiger partial charge in [-0.05, 0) is 40.6 Å². The molecule has 0 aliphatic rings. The SMILES string of the molecule is O=P(c1ccccc1)(c1ccc(-c2c3ccccc3n3c2oc2ccccc23)cc1)c1ccc2ccccc2c1. The van der Waals surface area contributed by atoms with Gasteiger partial charge in [0.1, 0.15) is 0 Å². The van der Waals surface area contributed by atoms with Crippen molar-refractivity contribution in [3.8, 4) is 11.1 Å². The Balaban J connectivity index is 1.33. The van der Waals surface area contributed by atoms with Gasteiger partial charge in [0.25, 0.3) is 0 Å². The molecule has 0 bridgehead atoms. The van der Waals surface area contributed by atoms with Gasteiger partial charge in [-0.25, -0.2) is 0 Å². The van der Waals surface area contributed by atoms with E-state index in [2.05, 4.69) is 71.1 Å². The summed E-state index contributed by atoms with van der Waals surface area (Å²) in [6.07, 6.45) is 0. The number of oxazole rings is 1. The summed E-state index contributed by atoms with van der Waals surface area (Å²) in [4.78, 5) is 0. The van der Waals surface area contributed by atoms with Crippen molar-refractivity contribution < 1.29 is 8.98 Å². The van der Waals surface area contributed by atoms with E-state index in [0.29, 0.717) is 0 Å². The molecule has 1 atom stereocenters. The number of nitrogens with zero attached hydrogens (tertiary/aromatic N) is 1. The van der Waals surface area contributed by atoms with Crippen molar-refractivity contribution in [1.29, 1.82) is 0 Å². The molecule has 8 aromatic rings. The van der Waals surface area contributed by atoms with E-state index in [1.54, 1.807) is 0 Å². The minimum absolute atomic E-state index is 0.807. The highest BCUT2D eigenvalue weighted by Crippen LogP contribution is 2.44. The minimum Gasteiger partial charge on any atom is -0.438 e. The summed E-state index contributed by atoms with van der Waals surface area (Å²) in [5.41, 5.74) is 5.88. The number of aromatic nitrogens is 1. The normalized spacial score (nSPS) is 13.3. The van der Waals surface area contributed by atoms with Crippen LogP contribution >= 0.6 is 7.14 Å². The van der Waals surface area contributed by atoms with Crippen LogP contribution in [0.2, 0.25) is 0 Å². The number of hydrogen-bond donors (Lipinski definition) is 0. The quantitative estimate of drug-likeness (QED) is 0.213. The van der Waals surface area contributed by atoms with Crippen LogP contribution in [0, 0.1) is 0 Å². The molecule has 0 amide bonds. The Labute approximate surface area is 231 Å². The summed E-state index contributed by atoms with van der Waals surface area (Å²) in [6, 6.07) is 49.0. The Bertz CT molecular complexity index is 2240.